The number of nitrogens with two attached hydrogens (primary N) is 2. The molecule has 0 saturated heterocycles. The van der Waals surface area contributed by atoms with Crippen molar-refractivity contribution in [1.29, 1.82) is 0 Å². The summed E-state index contributed by atoms with van der Waals surface area (Å²) in [6.45, 7) is 1.41. The highest BCUT2D eigenvalue weighted by molar-refractivity contribution is 7.89. The van der Waals surface area contributed by atoms with Crippen LogP contribution in [0.3, 0.4) is 0 Å². The van der Waals surface area contributed by atoms with Gasteiger partial charge in [-0.15, -0.1) is 0 Å². The molecule has 0 radical (unpaired) electrons. The maximum Gasteiger partial charge on any atom is 0.292 e. The predicted molar refractivity (Wildman–Crippen MR) is 53.6 cm³/mol. The smallest absolute Gasteiger partial charge is 0.292 e. The number of hydrogen-bond donors (Lipinski definition) is 2. The first-order chi connectivity index (χ1) is 6.73. The van der Waals surface area contributed by atoms with Gasteiger partial charge in [0.05, 0.1) is 9.82 Å². The molecule has 8 heteroatoms. The molecule has 1 aromatic carbocycles. The van der Waals surface area contributed by atoms with E-state index in [0.29, 0.717) is 0 Å². The second-order valence-electron chi connectivity index (χ2n) is 2.98. The SMILES string of the molecule is Cc1cc([N+](=O)[O-])c(N)cc1S(N)(=O)=O. The average molecular weight is 231 g/mol. The van der Waals surface area contributed by atoms with E-state index in [1.165, 1.54) is 6.92 Å². The minimum absolute atomic E-state index is 0.193. The van der Waals surface area contributed by atoms with Crippen LogP contribution >= 0.6 is 0 Å². The summed E-state index contributed by atoms with van der Waals surface area (Å²) in [7, 11) is -3.90. The van der Waals surface area contributed by atoms with Gasteiger partial charge in [-0.3, -0.25) is 10.1 Å². The molecule has 0 amide bonds. The van der Waals surface area contributed by atoms with Crippen molar-refractivity contribution in [2.24, 2.45) is 5.14 Å². The summed E-state index contributed by atoms with van der Waals surface area (Å²) in [5.74, 6) is 0. The molecule has 0 heterocycles. The molecule has 0 aliphatic carbocycles. The standard InChI is InChI=1S/C7H9N3O4S/c1-4-2-6(10(11)12)5(8)3-7(4)15(9,13)14/h2-3H,8H2,1H3,(H2,9,13,14). The van der Waals surface area contributed by atoms with Crippen molar-refractivity contribution >= 4 is 21.4 Å². The molecule has 0 aliphatic heterocycles. The number of nitro groups is 1. The fourth-order valence-electron chi connectivity index (χ4n) is 1.15. The Labute approximate surface area is 85.9 Å². The molecule has 82 valence electrons. The molecule has 15 heavy (non-hydrogen) atoms. The Bertz CT molecular complexity index is 523. The van der Waals surface area contributed by atoms with Crippen LogP contribution in [0.1, 0.15) is 5.56 Å². The minimum Gasteiger partial charge on any atom is -0.393 e. The molecule has 7 nitrogen and oxygen atoms in total. The third kappa shape index (κ3) is 2.22. The molecule has 0 aromatic heterocycles. The Morgan fingerprint density at radius 1 is 1.40 bits per heavy atom. The number of nitrogen functional groups attached to an aromatic ring is 1. The largest absolute Gasteiger partial charge is 0.393 e. The molecule has 0 spiro atoms. The lowest BCUT2D eigenvalue weighted by molar-refractivity contribution is -0.384. The molecular formula is C7H9N3O4S. The van der Waals surface area contributed by atoms with Crippen LogP contribution in [-0.2, 0) is 10.0 Å². The van der Waals surface area contributed by atoms with Crippen molar-refractivity contribution < 1.29 is 13.3 Å². The van der Waals surface area contributed by atoms with Gasteiger partial charge in [0.1, 0.15) is 5.69 Å². The van der Waals surface area contributed by atoms with E-state index >= 15 is 0 Å². The second kappa shape index (κ2) is 3.48. The Morgan fingerprint density at radius 3 is 2.33 bits per heavy atom. The lowest BCUT2D eigenvalue weighted by Gasteiger charge is -2.04. The summed E-state index contributed by atoms with van der Waals surface area (Å²) < 4.78 is 22.1. The fourth-order valence-corrected chi connectivity index (χ4v) is 1.95. The van der Waals surface area contributed by atoms with Gasteiger partial charge in [-0.05, 0) is 18.6 Å². The number of nitrogens with zero attached hydrogens (tertiary/aromatic N) is 1. The zero-order valence-electron chi connectivity index (χ0n) is 7.80. The normalized spacial score (nSPS) is 11.3. The Balaban J connectivity index is 3.52. The number of rotatable bonds is 2. The van der Waals surface area contributed by atoms with Crippen LogP contribution in [0.15, 0.2) is 17.0 Å². The lowest BCUT2D eigenvalue weighted by Crippen LogP contribution is -2.14. The van der Waals surface area contributed by atoms with E-state index < -0.39 is 14.9 Å². The Hall–Kier alpha value is -1.67. The van der Waals surface area contributed by atoms with Gasteiger partial charge in [-0.2, -0.15) is 0 Å². The van der Waals surface area contributed by atoms with Crippen LogP contribution in [0.5, 0.6) is 0 Å². The number of nitro benzene ring substituents is 1. The summed E-state index contributed by atoms with van der Waals surface area (Å²) in [4.78, 5) is 9.59. The van der Waals surface area contributed by atoms with Crippen molar-refractivity contribution in [3.8, 4) is 0 Å². The molecular weight excluding hydrogens is 222 g/mol. The molecule has 0 fully saturated rings. The van der Waals surface area contributed by atoms with E-state index in [4.69, 9.17) is 10.9 Å². The number of aryl methyl sites for hydroxylation is 1. The van der Waals surface area contributed by atoms with Gasteiger partial charge in [0.25, 0.3) is 5.69 Å². The predicted octanol–water partition coefficient (Wildman–Crippen LogP) is 0.133. The van der Waals surface area contributed by atoms with Crippen molar-refractivity contribution in [1.82, 2.24) is 0 Å². The highest BCUT2D eigenvalue weighted by Crippen LogP contribution is 2.27. The van der Waals surface area contributed by atoms with Gasteiger partial charge in [0.2, 0.25) is 10.0 Å². The van der Waals surface area contributed by atoms with Crippen molar-refractivity contribution in [3.05, 3.63) is 27.8 Å². The van der Waals surface area contributed by atoms with Gasteiger partial charge in [-0.25, -0.2) is 13.6 Å². The highest BCUT2D eigenvalue weighted by atomic mass is 32.2. The van der Waals surface area contributed by atoms with E-state index in [2.05, 4.69) is 0 Å². The Morgan fingerprint density at radius 2 is 1.93 bits per heavy atom. The maximum atomic E-state index is 11.0. The lowest BCUT2D eigenvalue weighted by atomic mass is 10.2. The van der Waals surface area contributed by atoms with Gasteiger partial charge >= 0.3 is 0 Å². The molecule has 0 atom stereocenters. The molecule has 0 aliphatic rings. The first-order valence-corrected chi connectivity index (χ1v) is 5.35. The van der Waals surface area contributed by atoms with Crippen LogP contribution in [0.4, 0.5) is 11.4 Å². The van der Waals surface area contributed by atoms with Gasteiger partial charge in [-0.1, -0.05) is 0 Å². The van der Waals surface area contributed by atoms with Crippen LogP contribution in [0, 0.1) is 17.0 Å². The summed E-state index contributed by atoms with van der Waals surface area (Å²) in [5, 5.41) is 15.4. The van der Waals surface area contributed by atoms with Gasteiger partial charge < -0.3 is 5.73 Å². The maximum absolute atomic E-state index is 11.0. The second-order valence-corrected chi connectivity index (χ2v) is 4.51. The monoisotopic (exact) mass is 231 g/mol. The zero-order chi connectivity index (χ0) is 11.8. The van der Waals surface area contributed by atoms with Crippen molar-refractivity contribution in [3.63, 3.8) is 0 Å². The number of hydrogen-bond acceptors (Lipinski definition) is 5. The topological polar surface area (TPSA) is 129 Å². The molecule has 0 unspecified atom stereocenters. The molecule has 4 N–H and O–H groups in total. The van der Waals surface area contributed by atoms with Crippen molar-refractivity contribution in [2.45, 2.75) is 11.8 Å². The van der Waals surface area contributed by atoms with Crippen LogP contribution in [-0.4, -0.2) is 13.3 Å². The number of anilines is 1. The van der Waals surface area contributed by atoms with E-state index in [1.807, 2.05) is 0 Å². The third-order valence-corrected chi connectivity index (χ3v) is 2.88. The number of benzene rings is 1. The first-order valence-electron chi connectivity index (χ1n) is 3.81. The summed E-state index contributed by atoms with van der Waals surface area (Å²) in [6.07, 6.45) is 0. The fraction of sp³-hybridized carbons (Fsp3) is 0.143. The van der Waals surface area contributed by atoms with Crippen LogP contribution < -0.4 is 10.9 Å². The van der Waals surface area contributed by atoms with E-state index in [-0.39, 0.29) is 21.8 Å². The zero-order valence-corrected chi connectivity index (χ0v) is 8.61. The number of primary sulfonamides is 1. The number of sulfonamides is 1. The van der Waals surface area contributed by atoms with E-state index in [9.17, 15) is 18.5 Å². The quantitative estimate of drug-likeness (QED) is 0.424. The average Bonchev–Trinajstić information content (AvgIpc) is 2.06. The first kappa shape index (κ1) is 11.4. The Kier molecular flexibility index (Phi) is 2.65. The molecule has 1 aromatic rings. The van der Waals surface area contributed by atoms with Crippen LogP contribution in [0.2, 0.25) is 0 Å². The van der Waals surface area contributed by atoms with Gasteiger partial charge in [0.15, 0.2) is 0 Å². The highest BCUT2D eigenvalue weighted by Gasteiger charge is 2.19. The molecule has 0 saturated carbocycles. The van der Waals surface area contributed by atoms with Crippen LogP contribution in [0.25, 0.3) is 0 Å². The third-order valence-electron chi connectivity index (χ3n) is 1.83. The summed E-state index contributed by atoms with van der Waals surface area (Å²) in [6, 6.07) is 2.07. The summed E-state index contributed by atoms with van der Waals surface area (Å²) in [5.41, 5.74) is 4.96. The van der Waals surface area contributed by atoms with Gasteiger partial charge in [0, 0.05) is 6.07 Å². The van der Waals surface area contributed by atoms with E-state index in [1.54, 1.807) is 0 Å². The molecule has 1 rings (SSSR count). The minimum atomic E-state index is -3.90. The molecule has 0 bridgehead atoms. The summed E-state index contributed by atoms with van der Waals surface area (Å²) >= 11 is 0. The van der Waals surface area contributed by atoms with E-state index in [0.717, 1.165) is 12.1 Å². The van der Waals surface area contributed by atoms with Crippen molar-refractivity contribution in [2.75, 3.05) is 5.73 Å².